The minimum atomic E-state index is -3.76. The van der Waals surface area contributed by atoms with Crippen molar-refractivity contribution in [2.45, 2.75) is 24.3 Å². The number of hydrogen-bond donors (Lipinski definition) is 2. The summed E-state index contributed by atoms with van der Waals surface area (Å²) >= 11 is 3.43. The van der Waals surface area contributed by atoms with Crippen LogP contribution >= 0.6 is 15.9 Å². The molecule has 2 rings (SSSR count). The van der Waals surface area contributed by atoms with E-state index in [1.54, 1.807) is 0 Å². The number of carbonyl (C=O) groups excluding carboxylic acids is 1. The highest BCUT2D eigenvalue weighted by Gasteiger charge is 2.15. The van der Waals surface area contributed by atoms with E-state index in [-0.39, 0.29) is 29.8 Å². The Labute approximate surface area is 154 Å². The maximum Gasteiger partial charge on any atom is 0.240 e. The lowest BCUT2D eigenvalue weighted by Gasteiger charge is -2.16. The van der Waals surface area contributed by atoms with Crippen LogP contribution < -0.4 is 10.0 Å². The van der Waals surface area contributed by atoms with E-state index in [4.69, 9.17) is 0 Å². The Balaban J connectivity index is 1.86. The molecule has 2 N–H and O–H groups in total. The van der Waals surface area contributed by atoms with Gasteiger partial charge in [0.1, 0.15) is 5.82 Å². The van der Waals surface area contributed by atoms with Gasteiger partial charge in [0, 0.05) is 17.4 Å². The van der Waals surface area contributed by atoms with Gasteiger partial charge in [-0.3, -0.25) is 4.79 Å². The molecule has 0 aliphatic heterocycles. The zero-order valence-corrected chi connectivity index (χ0v) is 15.9. The van der Waals surface area contributed by atoms with Gasteiger partial charge in [-0.05, 0) is 42.8 Å². The Kier molecular flexibility index (Phi) is 6.69. The molecule has 0 saturated carbocycles. The van der Waals surface area contributed by atoms with Crippen LogP contribution in [-0.4, -0.2) is 20.9 Å². The Morgan fingerprint density at radius 1 is 1.16 bits per heavy atom. The Morgan fingerprint density at radius 3 is 2.44 bits per heavy atom. The van der Waals surface area contributed by atoms with Crippen molar-refractivity contribution in [1.29, 1.82) is 0 Å². The largest absolute Gasteiger partial charge is 0.350 e. The highest BCUT2D eigenvalue weighted by atomic mass is 79.9. The fraction of sp³-hybridized carbons (Fsp3) is 0.235. The van der Waals surface area contributed by atoms with E-state index in [1.807, 2.05) is 31.2 Å². The lowest BCUT2D eigenvalue weighted by Crippen LogP contribution is -2.32. The highest BCUT2D eigenvalue weighted by molar-refractivity contribution is 9.10. The van der Waals surface area contributed by atoms with Gasteiger partial charge in [-0.2, -0.15) is 0 Å². The summed E-state index contributed by atoms with van der Waals surface area (Å²) in [6.07, 6.45) is -0.00474. The molecule has 8 heteroatoms. The molecule has 2 aromatic rings. The highest BCUT2D eigenvalue weighted by Crippen LogP contribution is 2.22. The Hall–Kier alpha value is -1.77. The van der Waals surface area contributed by atoms with Crippen LogP contribution in [-0.2, 0) is 14.8 Å². The van der Waals surface area contributed by atoms with Crippen LogP contribution in [0.4, 0.5) is 4.39 Å². The molecule has 5 nitrogen and oxygen atoms in total. The van der Waals surface area contributed by atoms with Crippen LogP contribution in [0.2, 0.25) is 0 Å². The smallest absolute Gasteiger partial charge is 0.240 e. The van der Waals surface area contributed by atoms with Gasteiger partial charge in [-0.25, -0.2) is 17.5 Å². The molecule has 0 bridgehead atoms. The average Bonchev–Trinajstić information content (AvgIpc) is 2.55. The summed E-state index contributed by atoms with van der Waals surface area (Å²) in [5, 5.41) is 2.82. The van der Waals surface area contributed by atoms with Gasteiger partial charge in [0.25, 0.3) is 0 Å². The van der Waals surface area contributed by atoms with E-state index in [1.165, 1.54) is 12.1 Å². The van der Waals surface area contributed by atoms with Crippen LogP contribution in [0.5, 0.6) is 0 Å². The molecule has 0 spiro atoms. The van der Waals surface area contributed by atoms with Gasteiger partial charge < -0.3 is 5.32 Å². The zero-order valence-electron chi connectivity index (χ0n) is 13.5. The molecule has 0 aromatic heterocycles. The molecule has 134 valence electrons. The van der Waals surface area contributed by atoms with Gasteiger partial charge in [0.15, 0.2) is 0 Å². The van der Waals surface area contributed by atoms with Crippen LogP contribution in [0.25, 0.3) is 0 Å². The number of amides is 1. The van der Waals surface area contributed by atoms with Crippen molar-refractivity contribution in [1.82, 2.24) is 10.0 Å². The Bertz CT molecular complexity index is 841. The molecule has 0 aliphatic carbocycles. The topological polar surface area (TPSA) is 75.3 Å². The molecule has 1 unspecified atom stereocenters. The van der Waals surface area contributed by atoms with Gasteiger partial charge in [0.05, 0.1) is 10.9 Å². The average molecular weight is 429 g/mol. The predicted octanol–water partition coefficient (Wildman–Crippen LogP) is 3.13. The maximum absolute atomic E-state index is 12.9. The molecular weight excluding hydrogens is 411 g/mol. The van der Waals surface area contributed by atoms with E-state index in [2.05, 4.69) is 26.0 Å². The molecule has 0 saturated heterocycles. The van der Waals surface area contributed by atoms with E-state index in [9.17, 15) is 17.6 Å². The van der Waals surface area contributed by atoms with Crippen molar-refractivity contribution >= 4 is 31.9 Å². The van der Waals surface area contributed by atoms with E-state index in [0.717, 1.165) is 22.2 Å². The van der Waals surface area contributed by atoms with Crippen LogP contribution in [0.1, 0.15) is 24.9 Å². The summed E-state index contributed by atoms with van der Waals surface area (Å²) in [7, 11) is -3.76. The fourth-order valence-corrected chi connectivity index (χ4v) is 3.87. The summed E-state index contributed by atoms with van der Waals surface area (Å²) in [4.78, 5) is 11.9. The zero-order chi connectivity index (χ0) is 18.4. The van der Waals surface area contributed by atoms with E-state index in [0.29, 0.717) is 0 Å². The third-order valence-corrected chi connectivity index (χ3v) is 5.72. The molecule has 0 aliphatic rings. The summed E-state index contributed by atoms with van der Waals surface area (Å²) in [5.41, 5.74) is 0.933. The minimum absolute atomic E-state index is 0.00474. The molecule has 2 aromatic carbocycles. The lowest BCUT2D eigenvalue weighted by atomic mass is 10.1. The number of carbonyl (C=O) groups is 1. The van der Waals surface area contributed by atoms with Gasteiger partial charge in [0.2, 0.25) is 15.9 Å². The Morgan fingerprint density at radius 2 is 1.80 bits per heavy atom. The summed E-state index contributed by atoms with van der Waals surface area (Å²) in [6.45, 7) is 1.80. The molecular formula is C17H18BrFN2O3S. The second kappa shape index (κ2) is 8.55. The number of benzene rings is 2. The number of rotatable bonds is 7. The van der Waals surface area contributed by atoms with Crippen molar-refractivity contribution in [2.75, 3.05) is 6.54 Å². The molecule has 0 radical (unpaired) electrons. The van der Waals surface area contributed by atoms with Crippen molar-refractivity contribution in [3.05, 3.63) is 64.4 Å². The predicted molar refractivity (Wildman–Crippen MR) is 96.9 cm³/mol. The van der Waals surface area contributed by atoms with Crippen molar-refractivity contribution < 1.29 is 17.6 Å². The fourth-order valence-electron chi connectivity index (χ4n) is 2.21. The second-order valence-electron chi connectivity index (χ2n) is 5.41. The summed E-state index contributed by atoms with van der Waals surface area (Å²) in [5.74, 6) is -0.788. The first-order valence-corrected chi connectivity index (χ1v) is 9.86. The minimum Gasteiger partial charge on any atom is -0.350 e. The molecule has 25 heavy (non-hydrogen) atoms. The standard InChI is InChI=1S/C17H18BrFN2O3S/c1-12(15-4-2-3-5-16(15)18)21-17(22)10-11-20-25(23,24)14-8-6-13(19)7-9-14/h2-9,12,20H,10-11H2,1H3,(H,21,22). The lowest BCUT2D eigenvalue weighted by molar-refractivity contribution is -0.121. The van der Waals surface area contributed by atoms with Crippen molar-refractivity contribution in [3.63, 3.8) is 0 Å². The number of hydrogen-bond acceptors (Lipinski definition) is 3. The second-order valence-corrected chi connectivity index (χ2v) is 8.03. The molecule has 0 heterocycles. The summed E-state index contributed by atoms with van der Waals surface area (Å²) in [6, 6.07) is 11.8. The number of halogens is 2. The first-order valence-electron chi connectivity index (χ1n) is 7.58. The molecule has 0 fully saturated rings. The third kappa shape index (κ3) is 5.62. The van der Waals surface area contributed by atoms with Crippen LogP contribution in [0.3, 0.4) is 0 Å². The van der Waals surface area contributed by atoms with Gasteiger partial charge >= 0.3 is 0 Å². The summed E-state index contributed by atoms with van der Waals surface area (Å²) < 4.78 is 40.2. The van der Waals surface area contributed by atoms with Crippen molar-refractivity contribution in [3.8, 4) is 0 Å². The van der Waals surface area contributed by atoms with E-state index >= 15 is 0 Å². The van der Waals surface area contributed by atoms with Gasteiger partial charge in [-0.15, -0.1) is 0 Å². The maximum atomic E-state index is 12.9. The van der Waals surface area contributed by atoms with E-state index < -0.39 is 15.8 Å². The van der Waals surface area contributed by atoms with Crippen LogP contribution in [0.15, 0.2) is 57.9 Å². The number of nitrogens with one attached hydrogen (secondary N) is 2. The first-order chi connectivity index (χ1) is 11.8. The third-order valence-electron chi connectivity index (χ3n) is 3.52. The van der Waals surface area contributed by atoms with Gasteiger partial charge in [-0.1, -0.05) is 34.1 Å². The normalized spacial score (nSPS) is 12.6. The quantitative estimate of drug-likeness (QED) is 0.710. The van der Waals surface area contributed by atoms with Crippen LogP contribution in [0, 0.1) is 5.82 Å². The molecule has 1 amide bonds. The molecule has 1 atom stereocenters. The monoisotopic (exact) mass is 428 g/mol. The number of sulfonamides is 1. The van der Waals surface area contributed by atoms with Crippen molar-refractivity contribution in [2.24, 2.45) is 0 Å². The first kappa shape index (κ1) is 19.6. The SMILES string of the molecule is CC(NC(=O)CCNS(=O)(=O)c1ccc(F)cc1)c1ccccc1Br.